The lowest BCUT2D eigenvalue weighted by Gasteiger charge is -2.20. The molecule has 0 aliphatic heterocycles. The normalized spacial score (nSPS) is 12.0. The molecule has 4 aromatic carbocycles. The molecule has 0 saturated carbocycles. The zero-order valence-corrected chi connectivity index (χ0v) is 31.1. The van der Waals surface area contributed by atoms with Crippen LogP contribution in [-0.4, -0.2) is 51.2 Å². The lowest BCUT2D eigenvalue weighted by molar-refractivity contribution is -0.145. The lowest BCUT2D eigenvalue weighted by atomic mass is 9.93. The van der Waals surface area contributed by atoms with Gasteiger partial charge in [0.2, 0.25) is 11.8 Å². The summed E-state index contributed by atoms with van der Waals surface area (Å²) in [6.07, 6.45) is -1.30. The molecule has 0 bridgehead atoms. The topological polar surface area (TPSA) is 216 Å². The van der Waals surface area contributed by atoms with Crippen LogP contribution in [0.1, 0.15) is 62.4 Å². The molecular weight excluding hydrogens is 715 g/mol. The fourth-order valence-electron chi connectivity index (χ4n) is 5.07. The smallest absolute Gasteiger partial charge is 0.309 e. The number of hydrazine groups is 1. The first-order valence-corrected chi connectivity index (χ1v) is 17.0. The molecular formula is C42H41N7O7. The molecule has 0 aliphatic rings. The van der Waals surface area contributed by atoms with E-state index in [1.807, 2.05) is 26.0 Å². The van der Waals surface area contributed by atoms with E-state index in [0.717, 1.165) is 22.3 Å². The summed E-state index contributed by atoms with van der Waals surface area (Å²) in [6.45, 7) is 27.2. The Bertz CT molecular complexity index is 2190. The van der Waals surface area contributed by atoms with Gasteiger partial charge >= 0.3 is 5.97 Å². The van der Waals surface area contributed by atoms with Crippen molar-refractivity contribution in [3.8, 4) is 6.07 Å². The maximum atomic E-state index is 12.5. The van der Waals surface area contributed by atoms with Crippen LogP contribution in [0.2, 0.25) is 0 Å². The van der Waals surface area contributed by atoms with Crippen molar-refractivity contribution in [1.82, 2.24) is 10.9 Å². The number of aryl methyl sites for hydroxylation is 2. The summed E-state index contributed by atoms with van der Waals surface area (Å²) in [4.78, 5) is 56.0. The summed E-state index contributed by atoms with van der Waals surface area (Å²) in [5.74, 6) is -4.12. The van der Waals surface area contributed by atoms with Gasteiger partial charge in [-0.2, -0.15) is 5.26 Å². The Morgan fingerprint density at radius 3 is 1.55 bits per heavy atom. The van der Waals surface area contributed by atoms with Crippen LogP contribution >= 0.6 is 0 Å². The Morgan fingerprint density at radius 2 is 1.18 bits per heavy atom. The molecule has 0 aromatic heterocycles. The number of rotatable bonds is 10. The number of primary amides is 1. The van der Waals surface area contributed by atoms with Crippen molar-refractivity contribution in [1.29, 1.82) is 5.26 Å². The number of nitrogens with two attached hydrogens (primary N) is 1. The van der Waals surface area contributed by atoms with Crippen LogP contribution in [0.3, 0.4) is 0 Å². The predicted molar refractivity (Wildman–Crippen MR) is 208 cm³/mol. The summed E-state index contributed by atoms with van der Waals surface area (Å²) in [7, 11) is 0. The third-order valence-electron chi connectivity index (χ3n) is 8.35. The van der Waals surface area contributed by atoms with E-state index in [2.05, 4.69) is 25.4 Å². The first kappa shape index (κ1) is 44.8. The highest BCUT2D eigenvalue weighted by Crippen LogP contribution is 2.23. The van der Waals surface area contributed by atoms with E-state index in [1.54, 1.807) is 42.5 Å². The van der Waals surface area contributed by atoms with Crippen molar-refractivity contribution < 1.29 is 34.5 Å². The van der Waals surface area contributed by atoms with Crippen LogP contribution in [-0.2, 0) is 22.4 Å². The quantitative estimate of drug-likeness (QED) is 0.0841. The van der Waals surface area contributed by atoms with E-state index in [9.17, 15) is 29.4 Å². The Labute approximate surface area is 325 Å². The van der Waals surface area contributed by atoms with Crippen molar-refractivity contribution in [2.75, 3.05) is 0 Å². The van der Waals surface area contributed by atoms with Gasteiger partial charge in [0.15, 0.2) is 17.1 Å². The summed E-state index contributed by atoms with van der Waals surface area (Å²) >= 11 is 0. The van der Waals surface area contributed by atoms with Crippen LogP contribution in [0.25, 0.3) is 14.5 Å². The van der Waals surface area contributed by atoms with Gasteiger partial charge in [0, 0.05) is 11.1 Å². The van der Waals surface area contributed by atoms with Crippen molar-refractivity contribution in [2.24, 2.45) is 17.6 Å². The number of carbonyl (C=O) groups excluding carboxylic acids is 3. The standard InChI is InChI=1S/C21H20N4O3.C13H15NO3.C8H6N2O/c1-13-10-16(6-9-19(13)23-3)11-18(14(2)26)21(28)25-24-20(27)17-7-4-15(12-22)5-8-17;1-8-6-10(4-5-12(8)14-3)7-11(9(2)15)13(16)17;1-10-7-4-2-6(3-5-7)8(9)11/h4-10,14,18,26H,11H2,1-2H3,(H,24,27)(H,25,28);4-6,9,11,15H,7H2,1-2H3,(H,16,17);2-5H,(H2,9,11)/t14-,18+;9-,11+;/m00./s1. The predicted octanol–water partition coefficient (Wildman–Crippen LogP) is 5.92. The average Bonchev–Trinajstić information content (AvgIpc) is 3.18. The number of aliphatic hydroxyl groups is 2. The third kappa shape index (κ3) is 13.9. The zero-order valence-electron chi connectivity index (χ0n) is 31.1. The summed E-state index contributed by atoms with van der Waals surface area (Å²) < 4.78 is 0. The van der Waals surface area contributed by atoms with E-state index in [0.29, 0.717) is 33.8 Å². The number of nitriles is 1. The molecule has 14 nitrogen and oxygen atoms in total. The molecule has 0 saturated heterocycles. The minimum atomic E-state index is -1.01. The first-order chi connectivity index (χ1) is 26.5. The number of hydrogen-bond acceptors (Lipinski definition) is 7. The van der Waals surface area contributed by atoms with Crippen molar-refractivity contribution in [2.45, 2.75) is 52.7 Å². The van der Waals surface area contributed by atoms with E-state index in [4.69, 9.17) is 35.8 Å². The van der Waals surface area contributed by atoms with Crippen LogP contribution in [0.15, 0.2) is 84.9 Å². The van der Waals surface area contributed by atoms with Gasteiger partial charge in [-0.15, -0.1) is 0 Å². The first-order valence-electron chi connectivity index (χ1n) is 17.0. The molecule has 286 valence electrons. The van der Waals surface area contributed by atoms with Crippen LogP contribution in [0.5, 0.6) is 0 Å². The maximum absolute atomic E-state index is 12.5. The number of carbonyl (C=O) groups is 4. The van der Waals surface area contributed by atoms with Gasteiger partial charge in [-0.05, 0) is 87.1 Å². The second-order valence-corrected chi connectivity index (χ2v) is 12.6. The van der Waals surface area contributed by atoms with E-state index in [-0.39, 0.29) is 12.8 Å². The van der Waals surface area contributed by atoms with Crippen molar-refractivity contribution in [3.63, 3.8) is 0 Å². The number of aliphatic carboxylic acids is 1. The Balaban J connectivity index is 0.000000326. The molecule has 0 aliphatic carbocycles. The second kappa shape index (κ2) is 22.0. The molecule has 3 amide bonds. The Morgan fingerprint density at radius 1 is 0.714 bits per heavy atom. The largest absolute Gasteiger partial charge is 0.481 e. The molecule has 0 heterocycles. The zero-order chi connectivity index (χ0) is 41.9. The van der Waals surface area contributed by atoms with Crippen LogP contribution in [0.4, 0.5) is 17.1 Å². The Hall–Kier alpha value is -7.36. The molecule has 4 aromatic rings. The minimum Gasteiger partial charge on any atom is -0.481 e. The number of carboxylic acids is 1. The number of carboxylic acid groups (broad SMARTS) is 1. The lowest BCUT2D eigenvalue weighted by Crippen LogP contribution is -2.47. The molecule has 0 fully saturated rings. The van der Waals surface area contributed by atoms with Gasteiger partial charge in [-0.1, -0.05) is 60.7 Å². The van der Waals surface area contributed by atoms with Gasteiger partial charge in [0.25, 0.3) is 5.91 Å². The average molecular weight is 756 g/mol. The minimum absolute atomic E-state index is 0.259. The highest BCUT2D eigenvalue weighted by atomic mass is 16.4. The van der Waals surface area contributed by atoms with E-state index >= 15 is 0 Å². The molecule has 4 atom stereocenters. The molecule has 14 heteroatoms. The van der Waals surface area contributed by atoms with Gasteiger partial charge in [-0.25, -0.2) is 14.5 Å². The highest BCUT2D eigenvalue weighted by Gasteiger charge is 2.25. The number of aliphatic hydroxyl groups excluding tert-OH is 2. The van der Waals surface area contributed by atoms with Gasteiger partial charge < -0.3 is 21.1 Å². The van der Waals surface area contributed by atoms with Crippen molar-refractivity contribution in [3.05, 3.63) is 158 Å². The molecule has 4 rings (SSSR count). The number of hydrogen-bond donors (Lipinski definition) is 6. The molecule has 56 heavy (non-hydrogen) atoms. The van der Waals surface area contributed by atoms with E-state index in [1.165, 1.54) is 50.2 Å². The highest BCUT2D eigenvalue weighted by molar-refractivity contribution is 5.95. The number of benzene rings is 4. The summed E-state index contributed by atoms with van der Waals surface area (Å²) in [5, 5.41) is 37.1. The molecule has 0 radical (unpaired) electrons. The maximum Gasteiger partial charge on any atom is 0.309 e. The fourth-order valence-corrected chi connectivity index (χ4v) is 5.07. The monoisotopic (exact) mass is 755 g/mol. The molecule has 0 unspecified atom stereocenters. The van der Waals surface area contributed by atoms with Gasteiger partial charge in [0.1, 0.15) is 0 Å². The SMILES string of the molecule is [C-]#[N+]c1ccc(C(N)=O)cc1.[C-]#[N+]c1ccc(C[C@@H](C(=O)NNC(=O)c2ccc(C#N)cc2)[C@H](C)O)cc1C.[C-]#[N+]c1ccc(C[C@@H](C(=O)O)[C@H](C)O)cc1C. The number of nitrogens with zero attached hydrogens (tertiary/aromatic N) is 4. The summed E-state index contributed by atoms with van der Waals surface area (Å²) in [5.41, 5.74) is 15.7. The third-order valence-corrected chi connectivity index (χ3v) is 8.35. The van der Waals surface area contributed by atoms with Crippen molar-refractivity contribution >= 4 is 40.8 Å². The van der Waals surface area contributed by atoms with Gasteiger partial charge in [0.05, 0.1) is 55.4 Å². The number of nitrogens with one attached hydrogen (secondary N) is 2. The van der Waals surface area contributed by atoms with Crippen LogP contribution in [0, 0.1) is 56.7 Å². The van der Waals surface area contributed by atoms with E-state index < -0.39 is 47.7 Å². The second-order valence-electron chi connectivity index (χ2n) is 12.6. The summed E-state index contributed by atoms with van der Waals surface area (Å²) in [6, 6.07) is 24.6. The van der Waals surface area contributed by atoms with Gasteiger partial charge in [-0.3, -0.25) is 30.0 Å². The number of amides is 3. The molecule has 0 spiro atoms. The van der Waals surface area contributed by atoms with Crippen LogP contribution < -0.4 is 16.6 Å². The molecule has 7 N–H and O–H groups in total. The Kier molecular flexibility index (Phi) is 17.6. The fraction of sp³-hybridized carbons (Fsp3) is 0.238.